The second-order valence-electron chi connectivity index (χ2n) is 6.04. The Morgan fingerprint density at radius 1 is 1.08 bits per heavy atom. The molecule has 0 aliphatic rings. The van der Waals surface area contributed by atoms with Crippen molar-refractivity contribution in [2.24, 2.45) is 0 Å². The zero-order valence-corrected chi connectivity index (χ0v) is 15.8. The molecule has 1 N–H and O–H groups in total. The fourth-order valence-corrected chi connectivity index (χ4v) is 3.19. The summed E-state index contributed by atoms with van der Waals surface area (Å²) >= 11 is 11.9. The van der Waals surface area contributed by atoms with Crippen LogP contribution in [-0.4, -0.2) is 16.3 Å². The Labute approximate surface area is 161 Å². The van der Waals surface area contributed by atoms with Gasteiger partial charge in [0.25, 0.3) is 0 Å². The molecule has 0 spiro atoms. The third-order valence-electron chi connectivity index (χ3n) is 4.08. The van der Waals surface area contributed by atoms with Gasteiger partial charge in [-0.2, -0.15) is 0 Å². The zero-order valence-electron chi connectivity index (χ0n) is 14.3. The van der Waals surface area contributed by atoms with Crippen LogP contribution in [0.25, 0.3) is 10.9 Å². The molecule has 0 unspecified atom stereocenters. The van der Waals surface area contributed by atoms with Crippen molar-refractivity contribution in [3.05, 3.63) is 64.3 Å². The second kappa shape index (κ2) is 7.94. The number of ketones is 1. The number of carbonyl (C=O) groups is 2. The van der Waals surface area contributed by atoms with Crippen molar-refractivity contribution >= 4 is 51.5 Å². The Hall–Kier alpha value is -2.30. The maximum absolute atomic E-state index is 12.4. The van der Waals surface area contributed by atoms with Gasteiger partial charge in [-0.05, 0) is 30.7 Å². The minimum atomic E-state index is -0.210. The summed E-state index contributed by atoms with van der Waals surface area (Å²) in [6.07, 6.45) is 3.04. The van der Waals surface area contributed by atoms with Crippen molar-refractivity contribution in [1.29, 1.82) is 0 Å². The van der Waals surface area contributed by atoms with Crippen molar-refractivity contribution in [3.8, 4) is 0 Å². The zero-order chi connectivity index (χ0) is 18.7. The Balaban J connectivity index is 1.85. The van der Waals surface area contributed by atoms with E-state index in [1.165, 1.54) is 0 Å². The molecule has 1 aromatic heterocycles. The summed E-state index contributed by atoms with van der Waals surface area (Å²) in [6, 6.07) is 12.5. The van der Waals surface area contributed by atoms with E-state index in [0.29, 0.717) is 27.7 Å². The molecule has 4 nitrogen and oxygen atoms in total. The van der Waals surface area contributed by atoms with E-state index in [9.17, 15) is 9.59 Å². The van der Waals surface area contributed by atoms with Gasteiger partial charge in [0.2, 0.25) is 5.91 Å². The summed E-state index contributed by atoms with van der Waals surface area (Å²) in [4.78, 5) is 24.8. The lowest BCUT2D eigenvalue weighted by molar-refractivity contribution is -0.116. The number of Topliss-reactive ketones (excluding diaryl/α,β-unsaturated/α-hetero) is 1. The van der Waals surface area contributed by atoms with Gasteiger partial charge >= 0.3 is 0 Å². The summed E-state index contributed by atoms with van der Waals surface area (Å²) in [5.41, 5.74) is 2.09. The lowest BCUT2D eigenvalue weighted by Gasteiger charge is -2.08. The molecule has 3 aromatic rings. The monoisotopic (exact) mass is 388 g/mol. The molecule has 0 atom stereocenters. The summed E-state index contributed by atoms with van der Waals surface area (Å²) in [6.45, 7) is 2.07. The molecule has 0 saturated heterocycles. The summed E-state index contributed by atoms with van der Waals surface area (Å²) in [7, 11) is 0. The van der Waals surface area contributed by atoms with Gasteiger partial charge < -0.3 is 9.88 Å². The number of hydrogen-bond donors (Lipinski definition) is 1. The minimum absolute atomic E-state index is 0.0901. The highest BCUT2D eigenvalue weighted by molar-refractivity contribution is 6.42. The van der Waals surface area contributed by atoms with Gasteiger partial charge in [-0.25, -0.2) is 0 Å². The molecule has 3 rings (SSSR count). The first kappa shape index (κ1) is 18.5. The molecule has 134 valence electrons. The van der Waals surface area contributed by atoms with Gasteiger partial charge in [0.15, 0.2) is 5.78 Å². The van der Waals surface area contributed by atoms with Crippen LogP contribution in [0.2, 0.25) is 10.0 Å². The smallest absolute Gasteiger partial charge is 0.244 e. The van der Waals surface area contributed by atoms with Gasteiger partial charge in [0, 0.05) is 34.8 Å². The standard InChI is InChI=1S/C20H18Cl2N2O2/c1-2-5-19(25)15-11-24(18-7-4-3-6-14(15)18)12-20(26)23-13-8-9-16(21)17(22)10-13/h3-4,6-11H,2,5,12H2,1H3,(H,23,26). The van der Waals surface area contributed by atoms with Gasteiger partial charge in [-0.15, -0.1) is 0 Å². The Bertz CT molecular complexity index is 979. The van der Waals surface area contributed by atoms with E-state index in [-0.39, 0.29) is 18.2 Å². The highest BCUT2D eigenvalue weighted by Crippen LogP contribution is 2.26. The lowest BCUT2D eigenvalue weighted by Crippen LogP contribution is -2.18. The quantitative estimate of drug-likeness (QED) is 0.561. The van der Waals surface area contributed by atoms with Crippen LogP contribution in [0.1, 0.15) is 30.1 Å². The van der Waals surface area contributed by atoms with Gasteiger partial charge in [0.1, 0.15) is 6.54 Å². The average Bonchev–Trinajstić information content (AvgIpc) is 2.97. The molecule has 0 bridgehead atoms. The fraction of sp³-hybridized carbons (Fsp3) is 0.200. The number of fused-ring (bicyclic) bond motifs is 1. The molecular formula is C20H18Cl2N2O2. The van der Waals surface area contributed by atoms with Crippen LogP contribution in [0.3, 0.4) is 0 Å². The summed E-state index contributed by atoms with van der Waals surface area (Å²) in [5.74, 6) is -0.119. The number of aromatic nitrogens is 1. The van der Waals surface area contributed by atoms with Crippen LogP contribution in [0.4, 0.5) is 5.69 Å². The fourth-order valence-electron chi connectivity index (χ4n) is 2.89. The number of para-hydroxylation sites is 1. The topological polar surface area (TPSA) is 51.1 Å². The predicted molar refractivity (Wildman–Crippen MR) is 106 cm³/mol. The van der Waals surface area contributed by atoms with Crippen LogP contribution < -0.4 is 5.32 Å². The van der Waals surface area contributed by atoms with Gasteiger partial charge in [-0.1, -0.05) is 48.3 Å². The first-order valence-corrected chi connectivity index (χ1v) is 9.11. The van der Waals surface area contributed by atoms with E-state index < -0.39 is 0 Å². The minimum Gasteiger partial charge on any atom is -0.337 e. The predicted octanol–water partition coefficient (Wildman–Crippen LogP) is 5.57. The first-order valence-electron chi connectivity index (χ1n) is 8.35. The SMILES string of the molecule is CCCC(=O)c1cn(CC(=O)Nc2ccc(Cl)c(Cl)c2)c2ccccc12. The number of rotatable bonds is 6. The maximum atomic E-state index is 12.4. The molecule has 0 aliphatic carbocycles. The number of nitrogens with zero attached hydrogens (tertiary/aromatic N) is 1. The van der Waals surface area contributed by atoms with Crippen molar-refractivity contribution in [2.45, 2.75) is 26.3 Å². The number of anilines is 1. The van der Waals surface area contributed by atoms with Crippen molar-refractivity contribution < 1.29 is 9.59 Å². The molecule has 1 heterocycles. The van der Waals surface area contributed by atoms with Crippen LogP contribution in [0, 0.1) is 0 Å². The van der Waals surface area contributed by atoms with E-state index in [4.69, 9.17) is 23.2 Å². The molecule has 0 fully saturated rings. The normalized spacial score (nSPS) is 10.9. The number of hydrogen-bond acceptors (Lipinski definition) is 2. The second-order valence-corrected chi connectivity index (χ2v) is 6.85. The van der Waals surface area contributed by atoms with E-state index in [0.717, 1.165) is 17.3 Å². The molecule has 0 radical (unpaired) electrons. The highest BCUT2D eigenvalue weighted by atomic mass is 35.5. The third-order valence-corrected chi connectivity index (χ3v) is 4.82. The van der Waals surface area contributed by atoms with Gasteiger partial charge in [-0.3, -0.25) is 9.59 Å². The Morgan fingerprint density at radius 3 is 2.58 bits per heavy atom. The number of halogens is 2. The molecule has 1 amide bonds. The lowest BCUT2D eigenvalue weighted by atomic mass is 10.1. The molecule has 2 aromatic carbocycles. The van der Waals surface area contributed by atoms with Crippen LogP contribution >= 0.6 is 23.2 Å². The number of nitrogens with one attached hydrogen (secondary N) is 1. The molecule has 6 heteroatoms. The largest absolute Gasteiger partial charge is 0.337 e. The Kier molecular flexibility index (Phi) is 5.64. The van der Waals surface area contributed by atoms with Crippen LogP contribution in [0.15, 0.2) is 48.7 Å². The van der Waals surface area contributed by atoms with E-state index in [2.05, 4.69) is 5.32 Å². The molecule has 0 saturated carbocycles. The molecule has 0 aliphatic heterocycles. The average molecular weight is 389 g/mol. The first-order chi connectivity index (χ1) is 12.5. The third kappa shape index (κ3) is 3.92. The van der Waals surface area contributed by atoms with Crippen molar-refractivity contribution in [2.75, 3.05) is 5.32 Å². The van der Waals surface area contributed by atoms with E-state index in [1.807, 2.05) is 31.2 Å². The van der Waals surface area contributed by atoms with Crippen molar-refractivity contribution in [1.82, 2.24) is 4.57 Å². The molecular weight excluding hydrogens is 371 g/mol. The van der Waals surface area contributed by atoms with E-state index in [1.54, 1.807) is 29.0 Å². The molecule has 26 heavy (non-hydrogen) atoms. The highest BCUT2D eigenvalue weighted by Gasteiger charge is 2.15. The number of benzene rings is 2. The summed E-state index contributed by atoms with van der Waals surface area (Å²) < 4.78 is 1.80. The van der Waals surface area contributed by atoms with Crippen LogP contribution in [0.5, 0.6) is 0 Å². The van der Waals surface area contributed by atoms with Crippen LogP contribution in [-0.2, 0) is 11.3 Å². The van der Waals surface area contributed by atoms with E-state index >= 15 is 0 Å². The Morgan fingerprint density at radius 2 is 1.85 bits per heavy atom. The van der Waals surface area contributed by atoms with Gasteiger partial charge in [0.05, 0.1) is 10.0 Å². The summed E-state index contributed by atoms with van der Waals surface area (Å²) in [5, 5.41) is 4.48. The number of carbonyl (C=O) groups excluding carboxylic acids is 2. The number of amides is 1. The maximum Gasteiger partial charge on any atom is 0.244 e. The van der Waals surface area contributed by atoms with Crippen molar-refractivity contribution in [3.63, 3.8) is 0 Å².